The van der Waals surface area contributed by atoms with E-state index in [2.05, 4.69) is 0 Å². The number of likely N-dealkylation sites (tertiary alicyclic amines) is 1. The second kappa shape index (κ2) is 4.76. The van der Waals surface area contributed by atoms with Crippen molar-refractivity contribution in [3.05, 3.63) is 22.6 Å². The minimum Gasteiger partial charge on any atom is -0.466 e. The predicted molar refractivity (Wildman–Crippen MR) is 70.6 cm³/mol. The van der Waals surface area contributed by atoms with E-state index in [1.807, 2.05) is 32.6 Å². The van der Waals surface area contributed by atoms with E-state index in [0.29, 0.717) is 5.92 Å². The number of nitrogens with zero attached hydrogens (tertiary/aromatic N) is 1. The first-order valence-corrected chi connectivity index (χ1v) is 6.53. The molecule has 1 aliphatic heterocycles. The van der Waals surface area contributed by atoms with Crippen LogP contribution in [0.2, 0.25) is 0 Å². The molecule has 0 saturated carbocycles. The molecule has 1 aliphatic rings. The third kappa shape index (κ3) is 2.17. The number of furan rings is 1. The van der Waals surface area contributed by atoms with Gasteiger partial charge in [-0.1, -0.05) is 0 Å². The molecule has 1 fully saturated rings. The predicted octanol–water partition coefficient (Wildman–Crippen LogP) is 2.01. The molecule has 0 aromatic carbocycles. The Hall–Kier alpha value is -1.29. The summed E-state index contributed by atoms with van der Waals surface area (Å²) in [4.78, 5) is 14.4. The van der Waals surface area contributed by atoms with Crippen molar-refractivity contribution in [2.75, 3.05) is 13.1 Å². The number of carbonyl (C=O) groups is 1. The Morgan fingerprint density at radius 3 is 2.50 bits per heavy atom. The number of hydrogen-bond donors (Lipinski definition) is 1. The van der Waals surface area contributed by atoms with E-state index in [1.54, 1.807) is 0 Å². The molecular formula is C14H22N2O2. The van der Waals surface area contributed by atoms with Gasteiger partial charge >= 0.3 is 0 Å². The van der Waals surface area contributed by atoms with Gasteiger partial charge in [-0.15, -0.1) is 0 Å². The summed E-state index contributed by atoms with van der Waals surface area (Å²) >= 11 is 0. The maximum atomic E-state index is 12.5. The average Bonchev–Trinajstić information content (AvgIpc) is 2.85. The lowest BCUT2D eigenvalue weighted by molar-refractivity contribution is 0.0783. The molecule has 4 heteroatoms. The van der Waals surface area contributed by atoms with Gasteiger partial charge in [-0.25, -0.2) is 0 Å². The van der Waals surface area contributed by atoms with E-state index >= 15 is 0 Å². The highest BCUT2D eigenvalue weighted by Crippen LogP contribution is 2.26. The maximum absolute atomic E-state index is 12.5. The highest BCUT2D eigenvalue weighted by atomic mass is 16.3. The molecule has 2 heterocycles. The number of amides is 1. The molecule has 100 valence electrons. The Labute approximate surface area is 108 Å². The standard InChI is InChI=1S/C14H22N2O2/c1-8-10(3)18-11(4)13(8)14(17)16-6-5-12(7-16)9(2)15/h9,12H,5-7,15H2,1-4H3. The Morgan fingerprint density at radius 1 is 1.39 bits per heavy atom. The van der Waals surface area contributed by atoms with Crippen molar-refractivity contribution in [2.45, 2.75) is 40.2 Å². The first kappa shape index (κ1) is 13.1. The van der Waals surface area contributed by atoms with E-state index in [4.69, 9.17) is 10.2 Å². The number of aryl methyl sites for hydroxylation is 2. The van der Waals surface area contributed by atoms with Crippen LogP contribution in [0.15, 0.2) is 4.42 Å². The second-order valence-electron chi connectivity index (χ2n) is 5.37. The number of hydrogen-bond acceptors (Lipinski definition) is 3. The molecule has 2 rings (SSSR count). The van der Waals surface area contributed by atoms with Crippen molar-refractivity contribution in [2.24, 2.45) is 11.7 Å². The van der Waals surface area contributed by atoms with Crippen molar-refractivity contribution >= 4 is 5.91 Å². The van der Waals surface area contributed by atoms with Crippen LogP contribution in [0.3, 0.4) is 0 Å². The van der Waals surface area contributed by atoms with Crippen LogP contribution in [0.4, 0.5) is 0 Å². The molecule has 0 spiro atoms. The van der Waals surface area contributed by atoms with Crippen LogP contribution in [0.1, 0.15) is 40.8 Å². The molecule has 1 aromatic heterocycles. The molecule has 0 aliphatic carbocycles. The van der Waals surface area contributed by atoms with Gasteiger partial charge < -0.3 is 15.1 Å². The van der Waals surface area contributed by atoms with Crippen LogP contribution in [0, 0.1) is 26.7 Å². The number of rotatable bonds is 2. The Balaban J connectivity index is 2.18. The van der Waals surface area contributed by atoms with Crippen molar-refractivity contribution in [3.63, 3.8) is 0 Å². The van der Waals surface area contributed by atoms with Crippen molar-refractivity contribution < 1.29 is 9.21 Å². The van der Waals surface area contributed by atoms with Crippen LogP contribution in [0.25, 0.3) is 0 Å². The van der Waals surface area contributed by atoms with Gasteiger partial charge in [0.2, 0.25) is 0 Å². The summed E-state index contributed by atoms with van der Waals surface area (Å²) in [6.07, 6.45) is 0.998. The SMILES string of the molecule is Cc1oc(C)c(C(=O)N2CCC(C(C)N)C2)c1C. The topological polar surface area (TPSA) is 59.5 Å². The fraction of sp³-hybridized carbons (Fsp3) is 0.643. The van der Waals surface area contributed by atoms with Crippen LogP contribution in [-0.2, 0) is 0 Å². The lowest BCUT2D eigenvalue weighted by atomic mass is 10.0. The van der Waals surface area contributed by atoms with E-state index < -0.39 is 0 Å². The fourth-order valence-electron chi connectivity index (χ4n) is 2.67. The first-order chi connectivity index (χ1) is 8.41. The number of carbonyl (C=O) groups excluding carboxylic acids is 1. The zero-order valence-corrected chi connectivity index (χ0v) is 11.6. The first-order valence-electron chi connectivity index (χ1n) is 6.53. The van der Waals surface area contributed by atoms with Crippen LogP contribution < -0.4 is 5.73 Å². The molecule has 0 radical (unpaired) electrons. The minimum absolute atomic E-state index is 0.0880. The Morgan fingerprint density at radius 2 is 2.06 bits per heavy atom. The molecule has 4 nitrogen and oxygen atoms in total. The summed E-state index contributed by atoms with van der Waals surface area (Å²) in [5.74, 6) is 2.06. The Kier molecular flexibility index (Phi) is 3.48. The summed E-state index contributed by atoms with van der Waals surface area (Å²) in [6, 6.07) is 0.149. The molecule has 2 N–H and O–H groups in total. The van der Waals surface area contributed by atoms with Crippen LogP contribution >= 0.6 is 0 Å². The second-order valence-corrected chi connectivity index (χ2v) is 5.37. The van der Waals surface area contributed by atoms with Crippen LogP contribution in [-0.4, -0.2) is 29.9 Å². The quantitative estimate of drug-likeness (QED) is 0.873. The normalized spacial score (nSPS) is 21.4. The van der Waals surface area contributed by atoms with Crippen molar-refractivity contribution in [3.8, 4) is 0 Å². The van der Waals surface area contributed by atoms with Crippen LogP contribution in [0.5, 0.6) is 0 Å². The highest BCUT2D eigenvalue weighted by Gasteiger charge is 2.31. The summed E-state index contributed by atoms with van der Waals surface area (Å²) in [7, 11) is 0. The largest absolute Gasteiger partial charge is 0.466 e. The summed E-state index contributed by atoms with van der Waals surface area (Å²) < 4.78 is 5.53. The average molecular weight is 250 g/mol. The molecule has 1 saturated heterocycles. The zero-order valence-electron chi connectivity index (χ0n) is 11.6. The molecule has 1 aromatic rings. The van der Waals surface area contributed by atoms with Gasteiger partial charge in [0.25, 0.3) is 5.91 Å². The van der Waals surface area contributed by atoms with Gasteiger partial charge in [0.05, 0.1) is 5.56 Å². The lowest BCUT2D eigenvalue weighted by Crippen LogP contribution is -2.33. The third-order valence-electron chi connectivity index (χ3n) is 4.03. The summed E-state index contributed by atoms with van der Waals surface area (Å²) in [5.41, 5.74) is 7.60. The molecule has 1 amide bonds. The van der Waals surface area contributed by atoms with E-state index in [-0.39, 0.29) is 11.9 Å². The number of nitrogens with two attached hydrogens (primary N) is 1. The summed E-state index contributed by atoms with van der Waals surface area (Å²) in [5, 5.41) is 0. The van der Waals surface area contributed by atoms with Gasteiger partial charge in [0.15, 0.2) is 0 Å². The monoisotopic (exact) mass is 250 g/mol. The molecule has 2 atom stereocenters. The van der Waals surface area contributed by atoms with Crippen molar-refractivity contribution in [1.82, 2.24) is 4.90 Å². The van der Waals surface area contributed by atoms with Gasteiger partial charge in [-0.2, -0.15) is 0 Å². The van der Waals surface area contributed by atoms with Gasteiger partial charge in [0.1, 0.15) is 11.5 Å². The minimum atomic E-state index is 0.0880. The molecule has 2 unspecified atom stereocenters. The highest BCUT2D eigenvalue weighted by molar-refractivity contribution is 5.97. The van der Waals surface area contributed by atoms with E-state index in [9.17, 15) is 4.79 Å². The van der Waals surface area contributed by atoms with Crippen molar-refractivity contribution in [1.29, 1.82) is 0 Å². The molecule has 0 bridgehead atoms. The third-order valence-corrected chi connectivity index (χ3v) is 4.03. The zero-order chi connectivity index (χ0) is 13.4. The summed E-state index contributed by atoms with van der Waals surface area (Å²) in [6.45, 7) is 9.27. The van der Waals surface area contributed by atoms with E-state index in [1.165, 1.54) is 0 Å². The van der Waals surface area contributed by atoms with Gasteiger partial charge in [-0.05, 0) is 40.0 Å². The molecular weight excluding hydrogens is 228 g/mol. The lowest BCUT2D eigenvalue weighted by Gasteiger charge is -2.18. The maximum Gasteiger partial charge on any atom is 0.257 e. The molecule has 18 heavy (non-hydrogen) atoms. The van der Waals surface area contributed by atoms with E-state index in [0.717, 1.165) is 42.2 Å². The van der Waals surface area contributed by atoms with Gasteiger partial charge in [0, 0.05) is 24.7 Å². The smallest absolute Gasteiger partial charge is 0.257 e. The fourth-order valence-corrected chi connectivity index (χ4v) is 2.67. The van der Waals surface area contributed by atoms with Gasteiger partial charge in [-0.3, -0.25) is 4.79 Å². The Bertz CT molecular complexity index is 463.